The van der Waals surface area contributed by atoms with E-state index in [-0.39, 0.29) is 0 Å². The Kier molecular flexibility index (Phi) is 27.0. The zero-order chi connectivity index (χ0) is 86.8. The van der Waals surface area contributed by atoms with Crippen molar-refractivity contribution < 1.29 is 0 Å². The number of benzene rings is 12. The molecule has 0 aromatic heterocycles. The minimum atomic E-state index is 0.529. The van der Waals surface area contributed by atoms with Crippen molar-refractivity contribution in [1.82, 2.24) is 0 Å². The molecule has 0 saturated carbocycles. The third-order valence-electron chi connectivity index (χ3n) is 32.7. The van der Waals surface area contributed by atoms with Gasteiger partial charge in [0.05, 0.1) is 0 Å². The van der Waals surface area contributed by atoms with E-state index >= 15 is 0 Å². The van der Waals surface area contributed by atoms with Gasteiger partial charge in [0.2, 0.25) is 0 Å². The summed E-state index contributed by atoms with van der Waals surface area (Å²) in [4.78, 5) is 0. The highest BCUT2D eigenvalue weighted by atomic mass is 14.5. The maximum atomic E-state index is 2.48. The molecular weight excluding hydrogens is 1510 g/mol. The van der Waals surface area contributed by atoms with E-state index in [9.17, 15) is 0 Å². The van der Waals surface area contributed by atoms with E-state index in [0.717, 1.165) is 17.8 Å². The molecular formula is C126H146. The van der Waals surface area contributed by atoms with Gasteiger partial charge >= 0.3 is 0 Å². The first-order chi connectivity index (χ1) is 61.5. The van der Waals surface area contributed by atoms with Crippen LogP contribution in [-0.4, -0.2) is 0 Å². The molecule has 0 aliphatic heterocycles. The van der Waals surface area contributed by atoms with Gasteiger partial charge in [-0.1, -0.05) is 383 Å². The Balaban J connectivity index is 0.000000107. The highest BCUT2D eigenvalue weighted by molar-refractivity contribution is 5.87. The Morgan fingerprint density at radius 3 is 1.13 bits per heavy atom. The van der Waals surface area contributed by atoms with Gasteiger partial charge in [-0.25, -0.2) is 0 Å². The molecule has 0 radical (unpaired) electrons. The van der Waals surface area contributed by atoms with Crippen LogP contribution < -0.4 is 0 Å². The van der Waals surface area contributed by atoms with E-state index in [1.807, 2.05) is 0 Å². The molecule has 0 fully saturated rings. The topological polar surface area (TPSA) is 0 Å². The molecule has 0 bridgehead atoms. The summed E-state index contributed by atoms with van der Waals surface area (Å²) in [6, 6.07) is 81.4. The minimum Gasteiger partial charge on any atom is -0.0654 e. The van der Waals surface area contributed by atoms with E-state index in [0.29, 0.717) is 41.4 Å². The first-order valence-electron chi connectivity index (χ1n) is 50.8. The fourth-order valence-corrected chi connectivity index (χ4v) is 26.4. The van der Waals surface area contributed by atoms with Gasteiger partial charge in [0.1, 0.15) is 0 Å². The van der Waals surface area contributed by atoms with Crippen molar-refractivity contribution in [2.75, 3.05) is 0 Å². The van der Waals surface area contributed by atoms with Crippen LogP contribution in [-0.2, 0) is 25.7 Å². The lowest BCUT2D eigenvalue weighted by atomic mass is 9.70. The molecule has 0 heteroatoms. The largest absolute Gasteiger partial charge is 0.0654 e. The average Bonchev–Trinajstić information content (AvgIpc) is 1.52. The highest BCUT2D eigenvalue weighted by Crippen LogP contribution is 2.61. The Morgan fingerprint density at radius 2 is 0.627 bits per heavy atom. The van der Waals surface area contributed by atoms with Crippen molar-refractivity contribution in [2.24, 2.45) is 11.8 Å². The second-order valence-electron chi connectivity index (χ2n) is 41.3. The quantitative estimate of drug-likeness (QED) is 0.0560. The molecule has 126 heavy (non-hydrogen) atoms. The van der Waals surface area contributed by atoms with Gasteiger partial charge in [-0.2, -0.15) is 0 Å². The Bertz CT molecular complexity index is 5890. The smallest absolute Gasteiger partial charge is 0.0173 e. The number of hydrogen-bond donors (Lipinski definition) is 0. The summed E-state index contributed by atoms with van der Waals surface area (Å²) < 4.78 is 0. The van der Waals surface area contributed by atoms with Gasteiger partial charge in [0.15, 0.2) is 0 Å². The van der Waals surface area contributed by atoms with Crippen LogP contribution in [0.5, 0.6) is 0 Å². The highest BCUT2D eigenvalue weighted by Gasteiger charge is 2.44. The Morgan fingerprint density at radius 1 is 0.254 bits per heavy atom. The molecule has 10 unspecified atom stereocenters. The molecule has 12 aromatic rings. The predicted octanol–water partition coefficient (Wildman–Crippen LogP) is 35.8. The van der Waals surface area contributed by atoms with Crippen molar-refractivity contribution in [2.45, 2.75) is 336 Å². The standard InChI is InChI=1S/3C26H34.2C24H22/c1-4-5-6-7-8-9-10-20-13-16-21-19(3)12-15-23-22-14-11-18(2)17-24(22)25(20)26(21)23;1-4-5-6-7-8-9-10-20-13-16-23-24-17-18(2)11-14-21(24)22-15-12-19(3)25(20)26(22)23;1-4-5-6-7-8-9-10-20-16-23-19(3)12-14-22-21-13-11-18(2)15-24(21)25(17-20)26(22)23;1-15-8-10-19-20-11-9-16(2)21-13-18(17-6-4-3-5-7-17)14-23(24(20)21)22(19)12-15;1-15-8-10-20-21-11-9-16(2)18-12-13-19(17-6-4-3-5-7-17)24(23(18)21)22(20)14-15/h11-12,14-15,17,20,25H,4-10,13,16H2,1-3H3;11-12,14-15,17,20,23H,4-10,13,16H2,1-3H3;11-15,20,25H,4-10,16-17H2,1-3H3;3-12,18,23H,13-14H2,1-2H3;3-11,14,19,24H,12-13H2,1-2H3. The summed E-state index contributed by atoms with van der Waals surface area (Å²) in [5.74, 6) is 6.83. The van der Waals surface area contributed by atoms with Crippen LogP contribution in [0.1, 0.15) is 392 Å². The number of aryl methyl sites for hydroxylation is 10. The lowest BCUT2D eigenvalue weighted by molar-refractivity contribution is 0.370. The molecule has 10 atom stereocenters. The van der Waals surface area contributed by atoms with Crippen LogP contribution in [0, 0.1) is 81.1 Å². The Hall–Kier alpha value is -9.36. The molecule has 12 aromatic carbocycles. The van der Waals surface area contributed by atoms with Crippen LogP contribution in [0.15, 0.2) is 212 Å². The fourth-order valence-electron chi connectivity index (χ4n) is 26.4. The van der Waals surface area contributed by atoms with Gasteiger partial charge < -0.3 is 0 Å². The average molecular weight is 1660 g/mol. The molecule has 10 aliphatic rings. The van der Waals surface area contributed by atoms with Crippen molar-refractivity contribution in [3.8, 4) is 55.6 Å². The summed E-state index contributed by atoms with van der Waals surface area (Å²) in [7, 11) is 0. The molecule has 10 aliphatic carbocycles. The molecule has 0 saturated heterocycles. The van der Waals surface area contributed by atoms with E-state index < -0.39 is 0 Å². The lowest BCUT2D eigenvalue weighted by Crippen LogP contribution is -2.20. The first kappa shape index (κ1) is 87.3. The van der Waals surface area contributed by atoms with Crippen molar-refractivity contribution >= 4 is 0 Å². The first-order valence-corrected chi connectivity index (χ1v) is 50.8. The third kappa shape index (κ3) is 17.4. The molecule has 650 valence electrons. The van der Waals surface area contributed by atoms with E-state index in [1.165, 1.54) is 310 Å². The molecule has 0 amide bonds. The third-order valence-corrected chi connectivity index (χ3v) is 32.7. The van der Waals surface area contributed by atoms with Gasteiger partial charge in [0, 0.05) is 29.6 Å². The number of fused-ring (bicyclic) bond motifs is 15. The van der Waals surface area contributed by atoms with Crippen LogP contribution in [0.25, 0.3) is 55.6 Å². The van der Waals surface area contributed by atoms with Crippen LogP contribution in [0.4, 0.5) is 0 Å². The summed E-state index contributed by atoms with van der Waals surface area (Å²) in [5, 5.41) is 0. The second-order valence-corrected chi connectivity index (χ2v) is 41.3. The second kappa shape index (κ2) is 38.9. The SMILES string of the molecule is CCCCCCCCC1CCC2c3cc(C)ccc3-c3ccc(C)c1c32.CCCCCCCCC1CCc2c(C)ccc3c2C1c1cc(C)ccc1-3.CCCCCCCCC1Cc2c(C)ccc3c2C(C1)c1cc(C)ccc1-3.Cc1ccc2c(c1)C1CC(c3ccccc3)Cc3c(C)ccc-2c31.Cc1ccc2c(c1)C1c3c-2ccc(C)c3CCC1c1ccccc1. The maximum absolute atomic E-state index is 2.48. The molecule has 0 spiro atoms. The Labute approximate surface area is 761 Å². The van der Waals surface area contributed by atoms with Gasteiger partial charge in [-0.05, 0) is 354 Å². The predicted molar refractivity (Wildman–Crippen MR) is 541 cm³/mol. The minimum absolute atomic E-state index is 0.529. The summed E-state index contributed by atoms with van der Waals surface area (Å²) in [6.45, 7) is 29.6. The molecule has 0 N–H and O–H groups in total. The monoisotopic (exact) mass is 1660 g/mol. The zero-order valence-electron chi connectivity index (χ0n) is 79.4. The summed E-state index contributed by atoms with van der Waals surface area (Å²) in [5.41, 5.74) is 57.1. The van der Waals surface area contributed by atoms with Crippen molar-refractivity contribution in [3.05, 3.63) is 363 Å². The van der Waals surface area contributed by atoms with Gasteiger partial charge in [0.25, 0.3) is 0 Å². The zero-order valence-corrected chi connectivity index (χ0v) is 79.4. The number of unbranched alkanes of at least 4 members (excludes halogenated alkanes) is 15. The van der Waals surface area contributed by atoms with E-state index in [2.05, 4.69) is 302 Å². The number of rotatable bonds is 23. The molecule has 0 nitrogen and oxygen atoms in total. The van der Waals surface area contributed by atoms with E-state index in [4.69, 9.17) is 0 Å². The summed E-state index contributed by atoms with van der Waals surface area (Å²) in [6.07, 6.45) is 42.6. The van der Waals surface area contributed by atoms with Gasteiger partial charge in [-0.3, -0.25) is 0 Å². The van der Waals surface area contributed by atoms with E-state index in [1.54, 1.807) is 94.6 Å². The maximum Gasteiger partial charge on any atom is 0.0173 e. The number of hydrogen-bond acceptors (Lipinski definition) is 0. The van der Waals surface area contributed by atoms with Gasteiger partial charge in [-0.15, -0.1) is 0 Å². The van der Waals surface area contributed by atoms with Crippen LogP contribution in [0.3, 0.4) is 0 Å². The molecule has 0 heterocycles. The lowest BCUT2D eigenvalue weighted by Gasteiger charge is -2.33. The fraction of sp³-hybridized carbons (Fsp3) is 0.429. The van der Waals surface area contributed by atoms with Crippen LogP contribution in [0.2, 0.25) is 0 Å². The van der Waals surface area contributed by atoms with Crippen molar-refractivity contribution in [1.29, 1.82) is 0 Å². The van der Waals surface area contributed by atoms with Crippen LogP contribution >= 0.6 is 0 Å². The molecule has 22 rings (SSSR count). The normalized spacial score (nSPS) is 20.3. The van der Waals surface area contributed by atoms with Crippen molar-refractivity contribution in [3.63, 3.8) is 0 Å². The summed E-state index contributed by atoms with van der Waals surface area (Å²) >= 11 is 0.